The van der Waals surface area contributed by atoms with E-state index in [2.05, 4.69) is 31.3 Å². The van der Waals surface area contributed by atoms with Crippen molar-refractivity contribution in [2.24, 2.45) is 5.41 Å². The van der Waals surface area contributed by atoms with E-state index in [4.69, 9.17) is 9.47 Å². The number of hydrogen-bond donors (Lipinski definition) is 1. The molecule has 1 aromatic rings. The van der Waals surface area contributed by atoms with Gasteiger partial charge in [-0.1, -0.05) is 13.0 Å². The fraction of sp³-hybridized carbons (Fsp3) is 0.571. The Morgan fingerprint density at radius 1 is 1.29 bits per heavy atom. The van der Waals surface area contributed by atoms with Gasteiger partial charge in [-0.05, 0) is 42.9 Å². The van der Waals surface area contributed by atoms with E-state index in [1.165, 1.54) is 18.4 Å². The molecule has 1 unspecified atom stereocenters. The average molecular weight is 233 g/mol. The predicted octanol–water partition coefficient (Wildman–Crippen LogP) is 2.69. The molecule has 0 amide bonds. The second-order valence-corrected chi connectivity index (χ2v) is 5.44. The summed E-state index contributed by atoms with van der Waals surface area (Å²) < 4.78 is 10.7. The van der Waals surface area contributed by atoms with Crippen LogP contribution < -0.4 is 14.8 Å². The topological polar surface area (TPSA) is 30.5 Å². The summed E-state index contributed by atoms with van der Waals surface area (Å²) >= 11 is 0. The number of rotatable bonds is 4. The Kier molecular flexibility index (Phi) is 2.51. The van der Waals surface area contributed by atoms with Crippen LogP contribution in [-0.2, 0) is 6.54 Å². The third-order valence-corrected chi connectivity index (χ3v) is 4.13. The third-order valence-electron chi connectivity index (χ3n) is 4.13. The van der Waals surface area contributed by atoms with Gasteiger partial charge in [-0.15, -0.1) is 0 Å². The largest absolute Gasteiger partial charge is 0.454 e. The standard InChI is InChI=1S/C14H19NO2/c1-10(14(2)5-6-14)15-8-11-3-4-12-13(7-11)17-9-16-12/h3-4,7,10,15H,5-6,8-9H2,1-2H3. The SMILES string of the molecule is CC(NCc1ccc2c(c1)OCO2)C1(C)CC1. The van der Waals surface area contributed by atoms with Crippen LogP contribution in [0.25, 0.3) is 0 Å². The van der Waals surface area contributed by atoms with Crippen LogP contribution in [0.2, 0.25) is 0 Å². The number of nitrogens with one attached hydrogen (secondary N) is 1. The summed E-state index contributed by atoms with van der Waals surface area (Å²) in [6, 6.07) is 6.73. The molecule has 0 radical (unpaired) electrons. The van der Waals surface area contributed by atoms with Gasteiger partial charge in [-0.2, -0.15) is 0 Å². The third kappa shape index (κ3) is 2.12. The molecular weight excluding hydrogens is 214 g/mol. The zero-order valence-corrected chi connectivity index (χ0v) is 10.5. The lowest BCUT2D eigenvalue weighted by Crippen LogP contribution is -2.32. The first-order valence-corrected chi connectivity index (χ1v) is 6.29. The van der Waals surface area contributed by atoms with Crippen molar-refractivity contribution in [3.63, 3.8) is 0 Å². The summed E-state index contributed by atoms with van der Waals surface area (Å²) in [5.41, 5.74) is 1.78. The van der Waals surface area contributed by atoms with Crippen molar-refractivity contribution < 1.29 is 9.47 Å². The van der Waals surface area contributed by atoms with Gasteiger partial charge in [0.05, 0.1) is 0 Å². The van der Waals surface area contributed by atoms with Crippen molar-refractivity contribution in [1.29, 1.82) is 0 Å². The summed E-state index contributed by atoms with van der Waals surface area (Å²) in [7, 11) is 0. The molecule has 1 aliphatic carbocycles. The van der Waals surface area contributed by atoms with E-state index in [0.717, 1.165) is 18.0 Å². The second-order valence-electron chi connectivity index (χ2n) is 5.44. The van der Waals surface area contributed by atoms with Crippen molar-refractivity contribution >= 4 is 0 Å². The van der Waals surface area contributed by atoms with E-state index in [0.29, 0.717) is 18.2 Å². The van der Waals surface area contributed by atoms with E-state index in [9.17, 15) is 0 Å². The van der Waals surface area contributed by atoms with Gasteiger partial charge in [-0.3, -0.25) is 0 Å². The van der Waals surface area contributed by atoms with Gasteiger partial charge in [-0.25, -0.2) is 0 Å². The minimum absolute atomic E-state index is 0.348. The molecule has 1 aliphatic heterocycles. The van der Waals surface area contributed by atoms with Crippen LogP contribution in [0.5, 0.6) is 11.5 Å². The fourth-order valence-corrected chi connectivity index (χ4v) is 2.20. The van der Waals surface area contributed by atoms with Crippen LogP contribution in [0.1, 0.15) is 32.3 Å². The predicted molar refractivity (Wildman–Crippen MR) is 66.2 cm³/mol. The molecule has 1 N–H and O–H groups in total. The number of hydrogen-bond acceptors (Lipinski definition) is 3. The molecular formula is C14H19NO2. The maximum atomic E-state index is 5.38. The second kappa shape index (κ2) is 3.91. The summed E-state index contributed by atoms with van der Waals surface area (Å²) in [5.74, 6) is 1.73. The molecule has 0 bridgehead atoms. The van der Waals surface area contributed by atoms with Crippen LogP contribution in [0.15, 0.2) is 18.2 Å². The van der Waals surface area contributed by atoms with Crippen molar-refractivity contribution in [2.75, 3.05) is 6.79 Å². The van der Waals surface area contributed by atoms with Crippen LogP contribution in [0.4, 0.5) is 0 Å². The zero-order valence-electron chi connectivity index (χ0n) is 10.5. The van der Waals surface area contributed by atoms with Gasteiger partial charge < -0.3 is 14.8 Å². The highest BCUT2D eigenvalue weighted by Gasteiger charge is 2.42. The van der Waals surface area contributed by atoms with Gasteiger partial charge in [0.15, 0.2) is 11.5 Å². The summed E-state index contributed by atoms with van der Waals surface area (Å²) in [6.07, 6.45) is 2.70. The summed E-state index contributed by atoms with van der Waals surface area (Å²) in [5, 5.41) is 3.60. The van der Waals surface area contributed by atoms with Crippen molar-refractivity contribution in [3.05, 3.63) is 23.8 Å². The van der Waals surface area contributed by atoms with E-state index >= 15 is 0 Å². The van der Waals surface area contributed by atoms with Gasteiger partial charge in [0, 0.05) is 12.6 Å². The first-order valence-electron chi connectivity index (χ1n) is 6.29. The molecule has 0 saturated heterocycles. The molecule has 0 aromatic heterocycles. The highest BCUT2D eigenvalue weighted by atomic mass is 16.7. The Labute approximate surface area is 102 Å². The smallest absolute Gasteiger partial charge is 0.231 e. The highest BCUT2D eigenvalue weighted by Crippen LogP contribution is 2.48. The Hall–Kier alpha value is -1.22. The van der Waals surface area contributed by atoms with Crippen LogP contribution in [-0.4, -0.2) is 12.8 Å². The molecule has 0 spiro atoms. The minimum atomic E-state index is 0.348. The van der Waals surface area contributed by atoms with Crippen LogP contribution in [0.3, 0.4) is 0 Å². The first-order chi connectivity index (χ1) is 8.17. The number of ether oxygens (including phenoxy) is 2. The Balaban J connectivity index is 1.61. The lowest BCUT2D eigenvalue weighted by atomic mass is 10.0. The zero-order chi connectivity index (χ0) is 11.9. The van der Waals surface area contributed by atoms with Crippen molar-refractivity contribution in [3.8, 4) is 11.5 Å². The summed E-state index contributed by atoms with van der Waals surface area (Å²) in [4.78, 5) is 0. The maximum absolute atomic E-state index is 5.38. The monoisotopic (exact) mass is 233 g/mol. The lowest BCUT2D eigenvalue weighted by Gasteiger charge is -2.20. The van der Waals surface area contributed by atoms with Gasteiger partial charge in [0.25, 0.3) is 0 Å². The van der Waals surface area contributed by atoms with E-state index < -0.39 is 0 Å². The van der Waals surface area contributed by atoms with Crippen LogP contribution in [0, 0.1) is 5.41 Å². The Morgan fingerprint density at radius 3 is 2.82 bits per heavy atom. The molecule has 2 aliphatic rings. The average Bonchev–Trinajstić information content (AvgIpc) is 2.93. The molecule has 3 nitrogen and oxygen atoms in total. The van der Waals surface area contributed by atoms with Gasteiger partial charge in [0.2, 0.25) is 6.79 Å². The molecule has 1 atom stereocenters. The van der Waals surface area contributed by atoms with Crippen molar-refractivity contribution in [2.45, 2.75) is 39.3 Å². The van der Waals surface area contributed by atoms with E-state index in [1.54, 1.807) is 0 Å². The molecule has 3 heteroatoms. The van der Waals surface area contributed by atoms with Gasteiger partial charge in [0.1, 0.15) is 0 Å². The molecule has 17 heavy (non-hydrogen) atoms. The molecule has 1 aromatic carbocycles. The molecule has 1 fully saturated rings. The van der Waals surface area contributed by atoms with E-state index in [1.807, 2.05) is 6.07 Å². The quantitative estimate of drug-likeness (QED) is 0.867. The Bertz CT molecular complexity index is 426. The maximum Gasteiger partial charge on any atom is 0.231 e. The summed E-state index contributed by atoms with van der Waals surface area (Å²) in [6.45, 7) is 5.87. The highest BCUT2D eigenvalue weighted by molar-refractivity contribution is 5.44. The number of benzene rings is 1. The van der Waals surface area contributed by atoms with E-state index in [-0.39, 0.29) is 0 Å². The lowest BCUT2D eigenvalue weighted by molar-refractivity contribution is 0.174. The molecule has 1 saturated carbocycles. The Morgan fingerprint density at radius 2 is 2.06 bits per heavy atom. The fourth-order valence-electron chi connectivity index (χ4n) is 2.20. The minimum Gasteiger partial charge on any atom is -0.454 e. The molecule has 3 rings (SSSR count). The number of fused-ring (bicyclic) bond motifs is 1. The van der Waals surface area contributed by atoms with Gasteiger partial charge >= 0.3 is 0 Å². The van der Waals surface area contributed by atoms with Crippen molar-refractivity contribution in [1.82, 2.24) is 5.32 Å². The molecule has 1 heterocycles. The van der Waals surface area contributed by atoms with Crippen LogP contribution >= 0.6 is 0 Å². The molecule has 92 valence electrons. The normalized spacial score (nSPS) is 21.3. The first kappa shape index (κ1) is 10.9.